The van der Waals surface area contributed by atoms with Gasteiger partial charge in [0.1, 0.15) is 0 Å². The van der Waals surface area contributed by atoms with Crippen molar-refractivity contribution >= 4 is 0 Å². The predicted molar refractivity (Wildman–Crippen MR) is 50.1 cm³/mol. The Bertz CT molecular complexity index is 88.6. The summed E-state index contributed by atoms with van der Waals surface area (Å²) in [5.74, 6) is 0. The standard InChI is InChI=1S/C9H21NO2/c1-9(5-4-8-12)10-6-2-3-7-11/h9-12H,2-8H2,1H3. The minimum absolute atomic E-state index is 0.280. The molecule has 0 rings (SSSR count). The normalized spacial score (nSPS) is 13.2. The maximum atomic E-state index is 8.56. The highest BCUT2D eigenvalue weighted by atomic mass is 16.3. The Hall–Kier alpha value is -0.120. The van der Waals surface area contributed by atoms with Crippen LogP contribution in [0.3, 0.4) is 0 Å². The minimum atomic E-state index is 0.280. The van der Waals surface area contributed by atoms with Crippen LogP contribution in [0.25, 0.3) is 0 Å². The molecule has 0 heterocycles. The summed E-state index contributed by atoms with van der Waals surface area (Å²) >= 11 is 0. The van der Waals surface area contributed by atoms with Crippen LogP contribution in [-0.4, -0.2) is 36.0 Å². The van der Waals surface area contributed by atoms with Crippen molar-refractivity contribution in [2.45, 2.75) is 38.6 Å². The molecule has 1 atom stereocenters. The molecule has 1 unspecified atom stereocenters. The molecule has 0 fully saturated rings. The van der Waals surface area contributed by atoms with Crippen LogP contribution in [0.4, 0.5) is 0 Å². The fourth-order valence-corrected chi connectivity index (χ4v) is 1.08. The fourth-order valence-electron chi connectivity index (χ4n) is 1.08. The van der Waals surface area contributed by atoms with Gasteiger partial charge in [-0.25, -0.2) is 0 Å². The van der Waals surface area contributed by atoms with Crippen molar-refractivity contribution in [3.05, 3.63) is 0 Å². The lowest BCUT2D eigenvalue weighted by Gasteiger charge is -2.12. The molecular formula is C9H21NO2. The number of hydrogen-bond acceptors (Lipinski definition) is 3. The van der Waals surface area contributed by atoms with E-state index in [1.165, 1.54) is 0 Å². The van der Waals surface area contributed by atoms with Crippen LogP contribution in [0, 0.1) is 0 Å². The lowest BCUT2D eigenvalue weighted by Crippen LogP contribution is -2.27. The van der Waals surface area contributed by atoms with Gasteiger partial charge in [-0.05, 0) is 39.2 Å². The van der Waals surface area contributed by atoms with Gasteiger partial charge in [0.15, 0.2) is 0 Å². The van der Waals surface area contributed by atoms with E-state index < -0.39 is 0 Å². The van der Waals surface area contributed by atoms with Crippen LogP contribution < -0.4 is 5.32 Å². The molecule has 3 nitrogen and oxygen atoms in total. The molecule has 0 saturated carbocycles. The Morgan fingerprint density at radius 3 is 2.33 bits per heavy atom. The van der Waals surface area contributed by atoms with E-state index in [0.29, 0.717) is 6.04 Å². The molecular weight excluding hydrogens is 154 g/mol. The number of aliphatic hydroxyl groups is 2. The van der Waals surface area contributed by atoms with E-state index in [9.17, 15) is 0 Å². The van der Waals surface area contributed by atoms with Crippen molar-refractivity contribution < 1.29 is 10.2 Å². The summed E-state index contributed by atoms with van der Waals surface area (Å²) in [6, 6.07) is 0.482. The van der Waals surface area contributed by atoms with Crippen molar-refractivity contribution in [2.75, 3.05) is 19.8 Å². The maximum absolute atomic E-state index is 8.56. The third kappa shape index (κ3) is 7.98. The molecule has 0 aliphatic carbocycles. The van der Waals surface area contributed by atoms with E-state index >= 15 is 0 Å². The molecule has 74 valence electrons. The van der Waals surface area contributed by atoms with E-state index in [1.54, 1.807) is 0 Å². The zero-order valence-electron chi connectivity index (χ0n) is 7.92. The van der Waals surface area contributed by atoms with E-state index in [4.69, 9.17) is 10.2 Å². The molecule has 3 N–H and O–H groups in total. The number of rotatable bonds is 8. The van der Waals surface area contributed by atoms with E-state index in [2.05, 4.69) is 12.2 Å². The molecule has 0 aromatic heterocycles. The number of unbranched alkanes of at least 4 members (excludes halogenated alkanes) is 1. The lowest BCUT2D eigenvalue weighted by molar-refractivity contribution is 0.273. The summed E-state index contributed by atoms with van der Waals surface area (Å²) in [6.07, 6.45) is 3.80. The second-order valence-corrected chi connectivity index (χ2v) is 3.15. The van der Waals surface area contributed by atoms with Crippen molar-refractivity contribution in [2.24, 2.45) is 0 Å². The topological polar surface area (TPSA) is 52.5 Å². The molecule has 0 aromatic carbocycles. The maximum Gasteiger partial charge on any atom is 0.0431 e. The highest BCUT2D eigenvalue weighted by molar-refractivity contribution is 4.59. The zero-order chi connectivity index (χ0) is 9.23. The van der Waals surface area contributed by atoms with E-state index in [1.807, 2.05) is 0 Å². The summed E-state index contributed by atoms with van der Waals surface area (Å²) < 4.78 is 0. The van der Waals surface area contributed by atoms with Gasteiger partial charge in [0, 0.05) is 19.3 Å². The van der Waals surface area contributed by atoms with Crippen LogP contribution in [0.2, 0.25) is 0 Å². The Balaban J connectivity index is 3.02. The Morgan fingerprint density at radius 1 is 1.08 bits per heavy atom. The summed E-state index contributed by atoms with van der Waals surface area (Å²) in [6.45, 7) is 3.65. The van der Waals surface area contributed by atoms with Gasteiger partial charge in [-0.1, -0.05) is 0 Å². The highest BCUT2D eigenvalue weighted by Crippen LogP contribution is 1.95. The molecule has 0 bridgehead atoms. The number of hydrogen-bond donors (Lipinski definition) is 3. The molecule has 0 saturated heterocycles. The molecule has 0 aromatic rings. The predicted octanol–water partition coefficient (Wildman–Crippen LogP) is 0.510. The average Bonchev–Trinajstić information content (AvgIpc) is 2.09. The SMILES string of the molecule is CC(CCCO)NCCCCO. The van der Waals surface area contributed by atoms with Crippen molar-refractivity contribution in [1.29, 1.82) is 0 Å². The monoisotopic (exact) mass is 175 g/mol. The fraction of sp³-hybridized carbons (Fsp3) is 1.00. The molecule has 0 aliphatic heterocycles. The molecule has 0 radical (unpaired) electrons. The second-order valence-electron chi connectivity index (χ2n) is 3.15. The minimum Gasteiger partial charge on any atom is -0.396 e. The highest BCUT2D eigenvalue weighted by Gasteiger charge is 1.98. The van der Waals surface area contributed by atoms with Crippen LogP contribution in [0.15, 0.2) is 0 Å². The lowest BCUT2D eigenvalue weighted by atomic mass is 10.2. The molecule has 0 aliphatic rings. The molecule has 12 heavy (non-hydrogen) atoms. The first-order chi connectivity index (χ1) is 5.81. The van der Waals surface area contributed by atoms with E-state index in [0.717, 1.165) is 32.2 Å². The first-order valence-corrected chi connectivity index (χ1v) is 4.76. The van der Waals surface area contributed by atoms with Crippen molar-refractivity contribution in [1.82, 2.24) is 5.32 Å². The summed E-state index contributed by atoms with van der Waals surface area (Å²) in [5.41, 5.74) is 0. The van der Waals surface area contributed by atoms with Crippen LogP contribution in [0.1, 0.15) is 32.6 Å². The number of nitrogens with one attached hydrogen (secondary N) is 1. The van der Waals surface area contributed by atoms with Gasteiger partial charge in [0.25, 0.3) is 0 Å². The Morgan fingerprint density at radius 2 is 1.75 bits per heavy atom. The molecule has 3 heteroatoms. The van der Waals surface area contributed by atoms with Gasteiger partial charge >= 0.3 is 0 Å². The third-order valence-corrected chi connectivity index (χ3v) is 1.87. The zero-order valence-corrected chi connectivity index (χ0v) is 7.92. The third-order valence-electron chi connectivity index (χ3n) is 1.87. The average molecular weight is 175 g/mol. The first-order valence-electron chi connectivity index (χ1n) is 4.76. The van der Waals surface area contributed by atoms with Gasteiger partial charge < -0.3 is 15.5 Å². The second kappa shape index (κ2) is 8.97. The summed E-state index contributed by atoms with van der Waals surface area (Å²) in [7, 11) is 0. The largest absolute Gasteiger partial charge is 0.396 e. The van der Waals surface area contributed by atoms with Crippen molar-refractivity contribution in [3.63, 3.8) is 0 Å². The Labute approximate surface area is 74.8 Å². The molecule has 0 spiro atoms. The van der Waals surface area contributed by atoms with Gasteiger partial charge in [0.2, 0.25) is 0 Å². The van der Waals surface area contributed by atoms with Crippen molar-refractivity contribution in [3.8, 4) is 0 Å². The summed E-state index contributed by atoms with van der Waals surface area (Å²) in [5, 5.41) is 20.4. The smallest absolute Gasteiger partial charge is 0.0431 e. The Kier molecular flexibility index (Phi) is 8.88. The van der Waals surface area contributed by atoms with Crippen LogP contribution >= 0.6 is 0 Å². The van der Waals surface area contributed by atoms with Gasteiger partial charge in [0.05, 0.1) is 0 Å². The first kappa shape index (κ1) is 11.9. The van der Waals surface area contributed by atoms with Gasteiger partial charge in [-0.2, -0.15) is 0 Å². The van der Waals surface area contributed by atoms with Gasteiger partial charge in [-0.15, -0.1) is 0 Å². The van der Waals surface area contributed by atoms with E-state index in [-0.39, 0.29) is 13.2 Å². The number of aliphatic hydroxyl groups excluding tert-OH is 2. The quantitative estimate of drug-likeness (QED) is 0.471. The molecule has 0 amide bonds. The van der Waals surface area contributed by atoms with Gasteiger partial charge in [-0.3, -0.25) is 0 Å². The van der Waals surface area contributed by atoms with Crippen LogP contribution in [0.5, 0.6) is 0 Å². The summed E-state index contributed by atoms with van der Waals surface area (Å²) in [4.78, 5) is 0. The van der Waals surface area contributed by atoms with Crippen LogP contribution in [-0.2, 0) is 0 Å².